The molecule has 6 heteroatoms. The summed E-state index contributed by atoms with van der Waals surface area (Å²) in [6.45, 7) is 3.83. The Morgan fingerprint density at radius 2 is 1.75 bits per heavy atom. The molecular formula is C18H20FNO3S. The number of nitrogens with one attached hydrogen (secondary N) is 1. The summed E-state index contributed by atoms with van der Waals surface area (Å²) in [5.74, 6) is -0.862. The summed E-state index contributed by atoms with van der Waals surface area (Å²) in [4.78, 5) is 12.1. The van der Waals surface area contributed by atoms with Crippen LogP contribution in [0.4, 0.5) is 10.1 Å². The first-order valence-corrected chi connectivity index (χ1v) is 9.28. The minimum absolute atomic E-state index is 0.0684. The molecule has 1 amide bonds. The van der Waals surface area contributed by atoms with E-state index in [1.807, 2.05) is 32.0 Å². The standard InChI is InChI=1S/C18H20FNO3S/c1-13-5-6-14(2)17(12-13)20-18(21)4-3-11-24(22,23)16-9-7-15(19)8-10-16/h5-10,12H,3-4,11H2,1-2H3,(H,20,21). The van der Waals surface area contributed by atoms with Gasteiger partial charge in [-0.05, 0) is 61.7 Å². The molecule has 0 aliphatic carbocycles. The van der Waals surface area contributed by atoms with Gasteiger partial charge >= 0.3 is 0 Å². The second-order valence-corrected chi connectivity index (χ2v) is 7.85. The van der Waals surface area contributed by atoms with Crippen LogP contribution in [-0.4, -0.2) is 20.1 Å². The monoisotopic (exact) mass is 349 g/mol. The molecule has 0 aliphatic rings. The summed E-state index contributed by atoms with van der Waals surface area (Å²) in [6.07, 6.45) is 0.310. The minimum Gasteiger partial charge on any atom is -0.326 e. The van der Waals surface area contributed by atoms with Crippen LogP contribution in [0.1, 0.15) is 24.0 Å². The van der Waals surface area contributed by atoms with Gasteiger partial charge in [-0.25, -0.2) is 12.8 Å². The number of carbonyl (C=O) groups excluding carboxylic acids is 1. The highest BCUT2D eigenvalue weighted by atomic mass is 32.2. The third-order valence-corrected chi connectivity index (χ3v) is 5.47. The van der Waals surface area contributed by atoms with Gasteiger partial charge in [0.15, 0.2) is 9.84 Å². The zero-order chi connectivity index (χ0) is 17.7. The number of anilines is 1. The Morgan fingerprint density at radius 3 is 2.42 bits per heavy atom. The Labute approximate surface area is 141 Å². The molecule has 1 N–H and O–H groups in total. The van der Waals surface area contributed by atoms with Crippen LogP contribution in [0.3, 0.4) is 0 Å². The molecule has 0 unspecified atom stereocenters. The normalized spacial score (nSPS) is 11.3. The van der Waals surface area contributed by atoms with Crippen LogP contribution in [0.2, 0.25) is 0 Å². The molecule has 0 fully saturated rings. The number of sulfone groups is 1. The number of benzene rings is 2. The Hall–Kier alpha value is -2.21. The average Bonchev–Trinajstić information content (AvgIpc) is 2.51. The van der Waals surface area contributed by atoms with Gasteiger partial charge in [-0.1, -0.05) is 12.1 Å². The second-order valence-electron chi connectivity index (χ2n) is 5.74. The quantitative estimate of drug-likeness (QED) is 0.810. The first-order valence-electron chi connectivity index (χ1n) is 7.63. The van der Waals surface area contributed by atoms with Crippen molar-refractivity contribution in [2.45, 2.75) is 31.6 Å². The molecule has 0 saturated carbocycles. The lowest BCUT2D eigenvalue weighted by Crippen LogP contribution is -2.15. The van der Waals surface area contributed by atoms with Crippen molar-refractivity contribution < 1.29 is 17.6 Å². The van der Waals surface area contributed by atoms with Crippen LogP contribution >= 0.6 is 0 Å². The van der Waals surface area contributed by atoms with Crippen LogP contribution in [0.5, 0.6) is 0 Å². The van der Waals surface area contributed by atoms with E-state index in [2.05, 4.69) is 5.32 Å². The van der Waals surface area contributed by atoms with Crippen molar-refractivity contribution in [3.63, 3.8) is 0 Å². The Kier molecular flexibility index (Phi) is 5.72. The van der Waals surface area contributed by atoms with E-state index in [0.717, 1.165) is 28.9 Å². The van der Waals surface area contributed by atoms with Gasteiger partial charge in [-0.3, -0.25) is 4.79 Å². The molecule has 2 rings (SSSR count). The van der Waals surface area contributed by atoms with E-state index in [9.17, 15) is 17.6 Å². The number of amides is 1. The molecule has 0 heterocycles. The van der Waals surface area contributed by atoms with Crippen molar-refractivity contribution in [2.75, 3.05) is 11.1 Å². The summed E-state index contributed by atoms with van der Waals surface area (Å²) in [6, 6.07) is 10.5. The first-order chi connectivity index (χ1) is 11.3. The van der Waals surface area contributed by atoms with E-state index in [0.29, 0.717) is 0 Å². The molecule has 0 spiro atoms. The molecule has 0 bridgehead atoms. The smallest absolute Gasteiger partial charge is 0.224 e. The van der Waals surface area contributed by atoms with E-state index in [4.69, 9.17) is 0 Å². The highest BCUT2D eigenvalue weighted by Gasteiger charge is 2.15. The molecule has 2 aromatic rings. The summed E-state index contributed by atoms with van der Waals surface area (Å²) in [5.41, 5.74) is 2.73. The summed E-state index contributed by atoms with van der Waals surface area (Å²) in [7, 11) is -3.51. The largest absolute Gasteiger partial charge is 0.326 e. The fourth-order valence-corrected chi connectivity index (χ4v) is 3.58. The van der Waals surface area contributed by atoms with Crippen molar-refractivity contribution in [3.05, 3.63) is 59.4 Å². The Morgan fingerprint density at radius 1 is 1.08 bits per heavy atom. The molecule has 0 radical (unpaired) electrons. The SMILES string of the molecule is Cc1ccc(C)c(NC(=O)CCCS(=O)(=O)c2ccc(F)cc2)c1. The molecule has 0 atom stereocenters. The van der Waals surface area contributed by atoms with Gasteiger partial charge in [-0.2, -0.15) is 0 Å². The number of hydrogen-bond donors (Lipinski definition) is 1. The average molecular weight is 349 g/mol. The van der Waals surface area contributed by atoms with Crippen molar-refractivity contribution in [1.82, 2.24) is 0 Å². The van der Waals surface area contributed by atoms with Crippen LogP contribution < -0.4 is 5.32 Å². The highest BCUT2D eigenvalue weighted by molar-refractivity contribution is 7.91. The molecule has 0 saturated heterocycles. The number of rotatable bonds is 6. The fourth-order valence-electron chi connectivity index (χ4n) is 2.27. The van der Waals surface area contributed by atoms with Gasteiger partial charge in [0.05, 0.1) is 10.6 Å². The Bertz CT molecular complexity index is 830. The first kappa shape index (κ1) is 18.1. The van der Waals surface area contributed by atoms with Gasteiger partial charge in [0, 0.05) is 12.1 Å². The van der Waals surface area contributed by atoms with E-state index < -0.39 is 15.7 Å². The van der Waals surface area contributed by atoms with Gasteiger partial charge in [0.1, 0.15) is 5.82 Å². The van der Waals surface area contributed by atoms with E-state index in [1.54, 1.807) is 0 Å². The van der Waals surface area contributed by atoms with Crippen molar-refractivity contribution >= 4 is 21.4 Å². The molecule has 0 aliphatic heterocycles. The fraction of sp³-hybridized carbons (Fsp3) is 0.278. The lowest BCUT2D eigenvalue weighted by atomic mass is 10.1. The van der Waals surface area contributed by atoms with Gasteiger partial charge in [0.2, 0.25) is 5.91 Å². The Balaban J connectivity index is 1.90. The molecule has 2 aromatic carbocycles. The summed E-state index contributed by atoms with van der Waals surface area (Å²) >= 11 is 0. The number of halogens is 1. The summed E-state index contributed by atoms with van der Waals surface area (Å²) in [5, 5.41) is 2.80. The van der Waals surface area contributed by atoms with E-state index in [-0.39, 0.29) is 29.4 Å². The van der Waals surface area contributed by atoms with Crippen LogP contribution in [-0.2, 0) is 14.6 Å². The van der Waals surface area contributed by atoms with Crippen LogP contribution in [0.15, 0.2) is 47.4 Å². The zero-order valence-corrected chi connectivity index (χ0v) is 14.5. The molecule has 24 heavy (non-hydrogen) atoms. The van der Waals surface area contributed by atoms with Crippen LogP contribution in [0.25, 0.3) is 0 Å². The lowest BCUT2D eigenvalue weighted by Gasteiger charge is -2.09. The highest BCUT2D eigenvalue weighted by Crippen LogP contribution is 2.17. The van der Waals surface area contributed by atoms with Gasteiger partial charge in [0.25, 0.3) is 0 Å². The third-order valence-electron chi connectivity index (χ3n) is 3.66. The molecular weight excluding hydrogens is 329 g/mol. The number of carbonyl (C=O) groups is 1. The maximum Gasteiger partial charge on any atom is 0.224 e. The van der Waals surface area contributed by atoms with E-state index in [1.165, 1.54) is 12.1 Å². The van der Waals surface area contributed by atoms with Gasteiger partial charge in [-0.15, -0.1) is 0 Å². The molecule has 4 nitrogen and oxygen atoms in total. The third kappa shape index (κ3) is 4.89. The topological polar surface area (TPSA) is 63.2 Å². The van der Waals surface area contributed by atoms with Crippen molar-refractivity contribution in [3.8, 4) is 0 Å². The van der Waals surface area contributed by atoms with Crippen molar-refractivity contribution in [1.29, 1.82) is 0 Å². The van der Waals surface area contributed by atoms with Crippen molar-refractivity contribution in [2.24, 2.45) is 0 Å². The maximum atomic E-state index is 12.9. The molecule has 0 aromatic heterocycles. The number of aryl methyl sites for hydroxylation is 2. The second kappa shape index (κ2) is 7.57. The zero-order valence-electron chi connectivity index (χ0n) is 13.7. The lowest BCUT2D eigenvalue weighted by molar-refractivity contribution is -0.116. The predicted molar refractivity (Wildman–Crippen MR) is 92.2 cm³/mol. The predicted octanol–water partition coefficient (Wildman–Crippen LogP) is 3.64. The maximum absolute atomic E-state index is 12.9. The minimum atomic E-state index is -3.51. The number of hydrogen-bond acceptors (Lipinski definition) is 3. The molecule has 128 valence electrons. The summed E-state index contributed by atoms with van der Waals surface area (Å²) < 4.78 is 37.1. The van der Waals surface area contributed by atoms with Gasteiger partial charge < -0.3 is 5.32 Å². The van der Waals surface area contributed by atoms with Crippen LogP contribution in [0, 0.1) is 19.7 Å². The van der Waals surface area contributed by atoms with E-state index >= 15 is 0 Å².